The fraction of sp³-hybridized carbons (Fsp3) is 0.174. The predicted molar refractivity (Wildman–Crippen MR) is 117 cm³/mol. The molecular weight excluding hydrogens is 458 g/mol. The minimum absolute atomic E-state index is 0.152. The maximum Gasteiger partial charge on any atom is 0.243 e. The number of hydrogen-bond acceptors (Lipinski definition) is 4. The molecule has 1 aliphatic rings. The average Bonchev–Trinajstić information content (AvgIpc) is 3.41. The first-order valence-electron chi connectivity index (χ1n) is 9.96. The second-order valence-electron chi connectivity index (χ2n) is 7.59. The first-order valence-corrected chi connectivity index (χ1v) is 11.8. The van der Waals surface area contributed by atoms with Gasteiger partial charge in [-0.3, -0.25) is 0 Å². The summed E-state index contributed by atoms with van der Waals surface area (Å²) < 4.78 is 61.1. The van der Waals surface area contributed by atoms with E-state index < -0.39 is 27.7 Å². The number of aromatic nitrogens is 1. The van der Waals surface area contributed by atoms with E-state index in [4.69, 9.17) is 16.0 Å². The highest BCUT2D eigenvalue weighted by atomic mass is 35.5. The molecule has 2 heterocycles. The second-order valence-corrected chi connectivity index (χ2v) is 9.91. The number of benzene rings is 3. The lowest BCUT2D eigenvalue weighted by Gasteiger charge is -2.21. The van der Waals surface area contributed by atoms with Crippen LogP contribution < -0.4 is 0 Å². The molecule has 4 aromatic rings. The summed E-state index contributed by atoms with van der Waals surface area (Å²) in [6, 6.07) is 13.8. The second kappa shape index (κ2) is 7.95. The number of oxazole rings is 1. The Balaban J connectivity index is 1.50. The molecule has 1 atom stereocenters. The van der Waals surface area contributed by atoms with Crippen molar-refractivity contribution in [3.8, 4) is 11.1 Å². The first-order chi connectivity index (χ1) is 15.3. The number of halogens is 3. The molecule has 0 aliphatic carbocycles. The van der Waals surface area contributed by atoms with E-state index in [-0.39, 0.29) is 16.3 Å². The number of nitrogens with zero attached hydrogens (tertiary/aromatic N) is 2. The monoisotopic (exact) mass is 474 g/mol. The molecule has 0 radical (unpaired) electrons. The maximum absolute atomic E-state index is 14.2. The number of fused-ring (bicyclic) bond motifs is 1. The lowest BCUT2D eigenvalue weighted by Crippen LogP contribution is -2.30. The summed E-state index contributed by atoms with van der Waals surface area (Å²) in [6.45, 7) is 0.348. The van der Waals surface area contributed by atoms with Crippen molar-refractivity contribution >= 4 is 32.7 Å². The standard InChI is InChI=1S/C23H17ClF2N2O3S/c24-15-4-7-17(8-5-15)32(29,30)28-11-1-2-21(28)23-27-20-12-14(3-10-22(20)31-23)18-9-6-16(25)13-19(18)26/h3-10,12-13,21H,1-2,11H2/t21-/m1/s1. The molecule has 5 rings (SSSR count). The molecule has 1 fully saturated rings. The molecule has 0 unspecified atom stereocenters. The van der Waals surface area contributed by atoms with Gasteiger partial charge in [0.25, 0.3) is 0 Å². The first kappa shape index (κ1) is 21.1. The Morgan fingerprint density at radius 1 is 1.03 bits per heavy atom. The van der Waals surface area contributed by atoms with Crippen molar-refractivity contribution in [2.24, 2.45) is 0 Å². The largest absolute Gasteiger partial charge is 0.439 e. The van der Waals surface area contributed by atoms with Gasteiger partial charge in [0.05, 0.1) is 4.90 Å². The van der Waals surface area contributed by atoms with Gasteiger partial charge in [-0.15, -0.1) is 0 Å². The number of rotatable bonds is 4. The van der Waals surface area contributed by atoms with Crippen molar-refractivity contribution in [1.82, 2.24) is 9.29 Å². The topological polar surface area (TPSA) is 63.4 Å². The van der Waals surface area contributed by atoms with E-state index in [0.717, 1.165) is 6.07 Å². The molecular formula is C23H17ClF2N2O3S. The molecule has 0 amide bonds. The summed E-state index contributed by atoms with van der Waals surface area (Å²) >= 11 is 5.89. The lowest BCUT2D eigenvalue weighted by atomic mass is 10.0. The fourth-order valence-electron chi connectivity index (χ4n) is 4.00. The van der Waals surface area contributed by atoms with Gasteiger partial charge >= 0.3 is 0 Å². The Bertz CT molecular complexity index is 1420. The minimum atomic E-state index is -3.76. The van der Waals surface area contributed by atoms with Crippen molar-refractivity contribution in [3.63, 3.8) is 0 Å². The molecule has 32 heavy (non-hydrogen) atoms. The molecule has 0 bridgehead atoms. The van der Waals surface area contributed by atoms with E-state index in [2.05, 4.69) is 4.98 Å². The van der Waals surface area contributed by atoms with Crippen LogP contribution in [0.5, 0.6) is 0 Å². The van der Waals surface area contributed by atoms with E-state index in [1.54, 1.807) is 18.2 Å². The van der Waals surface area contributed by atoms with E-state index in [0.29, 0.717) is 41.1 Å². The van der Waals surface area contributed by atoms with Gasteiger partial charge in [0, 0.05) is 23.2 Å². The van der Waals surface area contributed by atoms with Crippen LogP contribution in [0.4, 0.5) is 8.78 Å². The third-order valence-corrected chi connectivity index (χ3v) is 7.73. The zero-order chi connectivity index (χ0) is 22.5. The summed E-state index contributed by atoms with van der Waals surface area (Å²) in [5, 5.41) is 0.453. The summed E-state index contributed by atoms with van der Waals surface area (Å²) in [5.74, 6) is -1.05. The van der Waals surface area contributed by atoms with Gasteiger partial charge in [0.15, 0.2) is 5.58 Å². The minimum Gasteiger partial charge on any atom is -0.439 e. The quantitative estimate of drug-likeness (QED) is 0.366. The molecule has 0 saturated carbocycles. The highest BCUT2D eigenvalue weighted by Crippen LogP contribution is 2.38. The smallest absolute Gasteiger partial charge is 0.243 e. The normalized spacial score (nSPS) is 17.3. The van der Waals surface area contributed by atoms with E-state index in [1.165, 1.54) is 40.7 Å². The zero-order valence-corrected chi connectivity index (χ0v) is 18.2. The molecule has 3 aromatic carbocycles. The summed E-state index contributed by atoms with van der Waals surface area (Å²) in [5.41, 5.74) is 1.69. The van der Waals surface area contributed by atoms with Crippen LogP contribution in [-0.2, 0) is 10.0 Å². The molecule has 5 nitrogen and oxygen atoms in total. The van der Waals surface area contributed by atoms with Crippen LogP contribution >= 0.6 is 11.6 Å². The molecule has 164 valence electrons. The maximum atomic E-state index is 14.2. The number of hydrogen-bond donors (Lipinski definition) is 0. The zero-order valence-electron chi connectivity index (χ0n) is 16.6. The van der Waals surface area contributed by atoms with Gasteiger partial charge in [-0.2, -0.15) is 4.31 Å². The van der Waals surface area contributed by atoms with Gasteiger partial charge in [0.1, 0.15) is 23.2 Å². The van der Waals surface area contributed by atoms with Gasteiger partial charge in [-0.05, 0) is 66.9 Å². The molecule has 1 aromatic heterocycles. The molecule has 1 aliphatic heterocycles. The van der Waals surface area contributed by atoms with Crippen molar-refractivity contribution in [3.05, 3.63) is 83.2 Å². The Morgan fingerprint density at radius 2 is 1.81 bits per heavy atom. The predicted octanol–water partition coefficient (Wildman–Crippen LogP) is 5.95. The van der Waals surface area contributed by atoms with E-state index in [9.17, 15) is 17.2 Å². The van der Waals surface area contributed by atoms with Crippen molar-refractivity contribution in [2.45, 2.75) is 23.8 Å². The van der Waals surface area contributed by atoms with Crippen LogP contribution in [0, 0.1) is 11.6 Å². The molecule has 0 spiro atoms. The molecule has 9 heteroatoms. The Kier molecular flexibility index (Phi) is 5.23. The van der Waals surface area contributed by atoms with Crippen LogP contribution in [0.25, 0.3) is 22.2 Å². The summed E-state index contributed by atoms with van der Waals surface area (Å²) in [4.78, 5) is 4.66. The van der Waals surface area contributed by atoms with Gasteiger partial charge in [-0.1, -0.05) is 17.7 Å². The third-order valence-electron chi connectivity index (χ3n) is 5.56. The highest BCUT2D eigenvalue weighted by Gasteiger charge is 2.39. The van der Waals surface area contributed by atoms with Gasteiger partial charge in [-0.25, -0.2) is 22.2 Å². The van der Waals surface area contributed by atoms with Crippen LogP contribution in [0.2, 0.25) is 5.02 Å². The fourth-order valence-corrected chi connectivity index (χ4v) is 5.77. The van der Waals surface area contributed by atoms with Crippen molar-refractivity contribution in [1.29, 1.82) is 0 Å². The third kappa shape index (κ3) is 3.68. The summed E-state index contributed by atoms with van der Waals surface area (Å²) in [6.07, 6.45) is 1.24. The van der Waals surface area contributed by atoms with Crippen LogP contribution in [0.15, 0.2) is 70.0 Å². The Labute approximate surface area is 188 Å². The van der Waals surface area contributed by atoms with Crippen molar-refractivity contribution in [2.75, 3.05) is 6.54 Å². The van der Waals surface area contributed by atoms with Crippen LogP contribution in [0.1, 0.15) is 24.8 Å². The summed E-state index contributed by atoms with van der Waals surface area (Å²) in [7, 11) is -3.76. The van der Waals surface area contributed by atoms with Gasteiger partial charge < -0.3 is 4.42 Å². The Hall–Kier alpha value is -2.81. The SMILES string of the molecule is O=S(=O)(c1ccc(Cl)cc1)N1CCC[C@@H]1c1nc2cc(-c3ccc(F)cc3F)ccc2o1. The average molecular weight is 475 g/mol. The van der Waals surface area contributed by atoms with E-state index in [1.807, 2.05) is 0 Å². The Morgan fingerprint density at radius 3 is 2.56 bits per heavy atom. The molecule has 1 saturated heterocycles. The van der Waals surface area contributed by atoms with Gasteiger partial charge in [0.2, 0.25) is 15.9 Å². The van der Waals surface area contributed by atoms with E-state index >= 15 is 0 Å². The molecule has 0 N–H and O–H groups in total. The highest BCUT2D eigenvalue weighted by molar-refractivity contribution is 7.89. The van der Waals surface area contributed by atoms with Crippen LogP contribution in [-0.4, -0.2) is 24.3 Å². The van der Waals surface area contributed by atoms with Crippen molar-refractivity contribution < 1.29 is 21.6 Å². The van der Waals surface area contributed by atoms with Crippen LogP contribution in [0.3, 0.4) is 0 Å². The lowest BCUT2D eigenvalue weighted by molar-refractivity contribution is 0.337. The number of sulfonamides is 1.